The van der Waals surface area contributed by atoms with Gasteiger partial charge in [0.1, 0.15) is 0 Å². The Bertz CT molecular complexity index is 552. The Morgan fingerprint density at radius 3 is 2.67 bits per heavy atom. The molecule has 0 saturated heterocycles. The molecule has 1 N–H and O–H groups in total. The molecule has 0 fully saturated rings. The number of nitrogens with one attached hydrogen (secondary N) is 1. The number of benzene rings is 1. The lowest BCUT2D eigenvalue weighted by molar-refractivity contribution is -0.141. The average molecular weight is 308 g/mol. The third kappa shape index (κ3) is 5.83. The van der Waals surface area contributed by atoms with E-state index in [1.54, 1.807) is 36.4 Å². The van der Waals surface area contributed by atoms with Crippen molar-refractivity contribution in [1.29, 1.82) is 0 Å². The summed E-state index contributed by atoms with van der Waals surface area (Å²) >= 11 is 6.12. The molecule has 0 aliphatic carbocycles. The Balaban J connectivity index is 2.90. The summed E-state index contributed by atoms with van der Waals surface area (Å²) in [6, 6.07) is 6.53. The Morgan fingerprint density at radius 1 is 1.33 bits per heavy atom. The molecule has 5 heteroatoms. The molecule has 1 aromatic rings. The van der Waals surface area contributed by atoms with Crippen LogP contribution in [0.15, 0.2) is 48.6 Å². The summed E-state index contributed by atoms with van der Waals surface area (Å²) in [6.45, 7) is 1.85. The predicted molar refractivity (Wildman–Crippen MR) is 82.9 cm³/mol. The molecule has 0 radical (unpaired) electrons. The molecule has 0 aliphatic heterocycles. The Morgan fingerprint density at radius 2 is 2.05 bits per heavy atom. The van der Waals surface area contributed by atoms with Crippen LogP contribution in [0.3, 0.4) is 0 Å². The minimum absolute atomic E-state index is 0.0173. The second kappa shape index (κ2) is 8.97. The van der Waals surface area contributed by atoms with Crippen LogP contribution in [0.2, 0.25) is 5.02 Å². The number of methoxy groups -OCH3 is 1. The van der Waals surface area contributed by atoms with E-state index in [9.17, 15) is 9.59 Å². The number of hydrogen-bond acceptors (Lipinski definition) is 3. The first-order valence-electron chi connectivity index (χ1n) is 6.49. The quantitative estimate of drug-likeness (QED) is 0.499. The van der Waals surface area contributed by atoms with Crippen LogP contribution in [0, 0.1) is 0 Å². The third-order valence-electron chi connectivity index (χ3n) is 2.75. The molecule has 0 heterocycles. The maximum absolute atomic E-state index is 11.9. The topological polar surface area (TPSA) is 55.4 Å². The van der Waals surface area contributed by atoms with E-state index in [2.05, 4.69) is 10.1 Å². The Hall–Kier alpha value is -2.07. The van der Waals surface area contributed by atoms with Crippen LogP contribution in [-0.4, -0.2) is 19.0 Å². The molecule has 0 aromatic heterocycles. The number of halogens is 1. The van der Waals surface area contributed by atoms with Gasteiger partial charge in [-0.25, -0.2) is 0 Å². The van der Waals surface area contributed by atoms with E-state index in [1.807, 2.05) is 13.0 Å². The molecular formula is C16H18ClNO3. The normalized spacial score (nSPS) is 12.5. The van der Waals surface area contributed by atoms with E-state index in [4.69, 9.17) is 11.6 Å². The fourth-order valence-electron chi connectivity index (χ4n) is 1.72. The molecule has 1 atom stereocenters. The first kappa shape index (κ1) is 17.0. The summed E-state index contributed by atoms with van der Waals surface area (Å²) in [5.74, 6) is -0.723. The zero-order valence-electron chi connectivity index (χ0n) is 12.0. The van der Waals surface area contributed by atoms with E-state index < -0.39 is 12.0 Å². The monoisotopic (exact) mass is 307 g/mol. The van der Waals surface area contributed by atoms with Crippen LogP contribution >= 0.6 is 11.6 Å². The number of amides is 1. The lowest BCUT2D eigenvalue weighted by Gasteiger charge is -2.18. The molecule has 0 bridgehead atoms. The first-order chi connectivity index (χ1) is 10.1. The number of rotatable bonds is 6. The zero-order chi connectivity index (χ0) is 15.7. The van der Waals surface area contributed by atoms with E-state index >= 15 is 0 Å². The summed E-state index contributed by atoms with van der Waals surface area (Å²) in [7, 11) is 1.31. The van der Waals surface area contributed by atoms with Crippen molar-refractivity contribution in [3.05, 3.63) is 59.2 Å². The Kier molecular flexibility index (Phi) is 7.26. The fraction of sp³-hybridized carbons (Fsp3) is 0.250. The van der Waals surface area contributed by atoms with Gasteiger partial charge in [0.25, 0.3) is 0 Å². The maximum Gasteiger partial charge on any atom is 0.307 e. The van der Waals surface area contributed by atoms with Crippen molar-refractivity contribution in [3.63, 3.8) is 0 Å². The summed E-state index contributed by atoms with van der Waals surface area (Å²) in [5.41, 5.74) is 0.678. The van der Waals surface area contributed by atoms with Gasteiger partial charge >= 0.3 is 5.97 Å². The van der Waals surface area contributed by atoms with Crippen LogP contribution in [0.4, 0.5) is 0 Å². The predicted octanol–water partition coefficient (Wildman–Crippen LogP) is 3.19. The van der Waals surface area contributed by atoms with Gasteiger partial charge in [-0.2, -0.15) is 0 Å². The van der Waals surface area contributed by atoms with Gasteiger partial charge in [0, 0.05) is 11.1 Å². The molecule has 0 aliphatic rings. The minimum Gasteiger partial charge on any atom is -0.469 e. The number of allylic oxidation sites excluding steroid dienone is 3. The lowest BCUT2D eigenvalue weighted by Crippen LogP contribution is -2.29. The number of carbonyl (C=O) groups excluding carboxylic acids is 2. The number of ether oxygens (including phenoxy) is 1. The molecule has 112 valence electrons. The van der Waals surface area contributed by atoms with Crippen molar-refractivity contribution in [2.75, 3.05) is 7.11 Å². The van der Waals surface area contributed by atoms with E-state index in [-0.39, 0.29) is 12.3 Å². The summed E-state index contributed by atoms with van der Waals surface area (Å²) in [5, 5.41) is 3.24. The number of esters is 1. The second-order valence-electron chi connectivity index (χ2n) is 4.25. The molecule has 4 nitrogen and oxygen atoms in total. The summed E-state index contributed by atoms with van der Waals surface area (Å²) < 4.78 is 4.66. The molecule has 1 unspecified atom stereocenters. The highest BCUT2D eigenvalue weighted by molar-refractivity contribution is 6.31. The average Bonchev–Trinajstić information content (AvgIpc) is 2.47. The Labute approximate surface area is 129 Å². The SMILES string of the molecule is C/C=C/C=C/C(=O)NC(CC(=O)OC)c1ccccc1Cl. The molecule has 1 aromatic carbocycles. The number of hydrogen-bond donors (Lipinski definition) is 1. The highest BCUT2D eigenvalue weighted by Crippen LogP contribution is 2.25. The summed E-state index contributed by atoms with van der Waals surface area (Å²) in [6.07, 6.45) is 6.58. The lowest BCUT2D eigenvalue weighted by atomic mass is 10.0. The molecule has 1 amide bonds. The van der Waals surface area contributed by atoms with Gasteiger partial charge in [0.15, 0.2) is 0 Å². The van der Waals surface area contributed by atoms with E-state index in [0.29, 0.717) is 10.6 Å². The third-order valence-corrected chi connectivity index (χ3v) is 3.09. The van der Waals surface area contributed by atoms with Crippen LogP contribution in [-0.2, 0) is 14.3 Å². The van der Waals surface area contributed by atoms with Crippen molar-refractivity contribution in [2.45, 2.75) is 19.4 Å². The van der Waals surface area contributed by atoms with Crippen molar-refractivity contribution in [3.8, 4) is 0 Å². The van der Waals surface area contributed by atoms with Crippen LogP contribution in [0.25, 0.3) is 0 Å². The number of carbonyl (C=O) groups is 2. The standard InChI is InChI=1S/C16H18ClNO3/c1-3-4-5-10-15(19)18-14(11-16(20)21-2)12-8-6-7-9-13(12)17/h3-10,14H,11H2,1-2H3,(H,18,19)/b4-3+,10-5+. The van der Waals surface area contributed by atoms with Crippen LogP contribution < -0.4 is 5.32 Å². The second-order valence-corrected chi connectivity index (χ2v) is 4.66. The van der Waals surface area contributed by atoms with Crippen LogP contribution in [0.1, 0.15) is 24.9 Å². The molecular weight excluding hydrogens is 290 g/mol. The van der Waals surface area contributed by atoms with Gasteiger partial charge in [-0.05, 0) is 18.6 Å². The summed E-state index contributed by atoms with van der Waals surface area (Å²) in [4.78, 5) is 23.4. The van der Waals surface area contributed by atoms with Gasteiger partial charge in [-0.3, -0.25) is 9.59 Å². The van der Waals surface area contributed by atoms with Crippen molar-refractivity contribution in [2.24, 2.45) is 0 Å². The highest BCUT2D eigenvalue weighted by atomic mass is 35.5. The van der Waals surface area contributed by atoms with Crippen molar-refractivity contribution >= 4 is 23.5 Å². The van der Waals surface area contributed by atoms with Crippen LogP contribution in [0.5, 0.6) is 0 Å². The van der Waals surface area contributed by atoms with Gasteiger partial charge in [-0.15, -0.1) is 0 Å². The molecule has 0 spiro atoms. The maximum atomic E-state index is 11.9. The van der Waals surface area contributed by atoms with Gasteiger partial charge in [0.2, 0.25) is 5.91 Å². The van der Waals surface area contributed by atoms with Crippen molar-refractivity contribution < 1.29 is 14.3 Å². The molecule has 21 heavy (non-hydrogen) atoms. The fourth-order valence-corrected chi connectivity index (χ4v) is 1.99. The van der Waals surface area contributed by atoms with Crippen molar-refractivity contribution in [1.82, 2.24) is 5.32 Å². The smallest absolute Gasteiger partial charge is 0.307 e. The molecule has 1 rings (SSSR count). The van der Waals surface area contributed by atoms with E-state index in [0.717, 1.165) is 0 Å². The minimum atomic E-state index is -0.533. The van der Waals surface area contributed by atoms with Gasteiger partial charge in [0.05, 0.1) is 19.6 Å². The van der Waals surface area contributed by atoms with Gasteiger partial charge in [-0.1, -0.05) is 48.0 Å². The highest BCUT2D eigenvalue weighted by Gasteiger charge is 2.20. The zero-order valence-corrected chi connectivity index (χ0v) is 12.8. The molecule has 0 saturated carbocycles. The van der Waals surface area contributed by atoms with Gasteiger partial charge < -0.3 is 10.1 Å². The van der Waals surface area contributed by atoms with E-state index in [1.165, 1.54) is 13.2 Å². The first-order valence-corrected chi connectivity index (χ1v) is 6.87. The largest absolute Gasteiger partial charge is 0.469 e.